The van der Waals surface area contributed by atoms with Gasteiger partial charge in [-0.2, -0.15) is 11.8 Å². The number of carboxylic acid groups (broad SMARTS) is 1. The Morgan fingerprint density at radius 2 is 2.15 bits per heavy atom. The van der Waals surface area contributed by atoms with E-state index < -0.39 is 5.97 Å². The minimum Gasteiger partial charge on any atom is -0.480 e. The molecule has 20 heavy (non-hydrogen) atoms. The molecule has 6 heteroatoms. The van der Waals surface area contributed by atoms with Crippen LogP contribution in [0, 0.1) is 0 Å². The highest BCUT2D eigenvalue weighted by molar-refractivity contribution is 9.10. The molecule has 1 rings (SSSR count). The summed E-state index contributed by atoms with van der Waals surface area (Å²) in [6.07, 6.45) is 2.29. The van der Waals surface area contributed by atoms with E-state index in [0.717, 1.165) is 10.0 Å². The number of aliphatic carboxylic acids is 1. The fourth-order valence-electron chi connectivity index (χ4n) is 1.71. The monoisotopic (exact) mass is 359 g/mol. The molecule has 1 aromatic rings. The van der Waals surface area contributed by atoms with Gasteiger partial charge in [0, 0.05) is 22.7 Å². The third-order valence-corrected chi connectivity index (χ3v) is 4.27. The minimum absolute atomic E-state index is 0.130. The summed E-state index contributed by atoms with van der Waals surface area (Å²) in [5.74, 6) is -1.13. The van der Waals surface area contributed by atoms with Crippen LogP contribution in [-0.4, -0.2) is 39.9 Å². The molecule has 1 amide bonds. The molecule has 0 aromatic heterocycles. The van der Waals surface area contributed by atoms with Gasteiger partial charge in [-0.3, -0.25) is 9.59 Å². The normalized spacial score (nSPS) is 11.9. The second-order valence-corrected chi connectivity index (χ2v) is 6.72. The molecule has 0 bridgehead atoms. The molecule has 0 aliphatic heterocycles. The summed E-state index contributed by atoms with van der Waals surface area (Å²) >= 11 is 4.96. The minimum atomic E-state index is -0.995. The molecule has 0 aliphatic rings. The SMILES string of the molecule is CSC(C)CC(=O)N(CC(=O)O)Cc1cccc(Br)c1. The molecule has 1 atom stereocenters. The summed E-state index contributed by atoms with van der Waals surface area (Å²) in [6.45, 7) is 2.00. The number of carboxylic acids is 1. The van der Waals surface area contributed by atoms with Crippen LogP contribution >= 0.6 is 27.7 Å². The first-order valence-electron chi connectivity index (χ1n) is 6.19. The average Bonchev–Trinajstić information content (AvgIpc) is 2.37. The maximum atomic E-state index is 12.2. The molecule has 0 aliphatic carbocycles. The Hall–Kier alpha value is -1.01. The number of benzene rings is 1. The van der Waals surface area contributed by atoms with Crippen LogP contribution in [0.15, 0.2) is 28.7 Å². The van der Waals surface area contributed by atoms with Crippen LogP contribution in [0.4, 0.5) is 0 Å². The lowest BCUT2D eigenvalue weighted by Gasteiger charge is -2.22. The van der Waals surface area contributed by atoms with Gasteiger partial charge in [0.05, 0.1) is 0 Å². The quantitative estimate of drug-likeness (QED) is 0.812. The predicted molar refractivity (Wildman–Crippen MR) is 84.8 cm³/mol. The van der Waals surface area contributed by atoms with E-state index in [9.17, 15) is 9.59 Å². The number of hydrogen-bond donors (Lipinski definition) is 1. The van der Waals surface area contributed by atoms with E-state index in [0.29, 0.717) is 13.0 Å². The molecule has 1 unspecified atom stereocenters. The van der Waals surface area contributed by atoms with Gasteiger partial charge in [-0.25, -0.2) is 0 Å². The van der Waals surface area contributed by atoms with Crippen LogP contribution in [0.3, 0.4) is 0 Å². The van der Waals surface area contributed by atoms with Crippen molar-refractivity contribution < 1.29 is 14.7 Å². The third-order valence-electron chi connectivity index (χ3n) is 2.81. The number of carbonyl (C=O) groups excluding carboxylic acids is 1. The number of nitrogens with zero attached hydrogens (tertiary/aromatic N) is 1. The Labute approximate surface area is 131 Å². The number of hydrogen-bond acceptors (Lipinski definition) is 3. The van der Waals surface area contributed by atoms with Gasteiger partial charge in [0.1, 0.15) is 6.54 Å². The van der Waals surface area contributed by atoms with E-state index in [1.807, 2.05) is 37.4 Å². The first-order valence-corrected chi connectivity index (χ1v) is 8.27. The van der Waals surface area contributed by atoms with Crippen molar-refractivity contribution in [1.29, 1.82) is 0 Å². The summed E-state index contributed by atoms with van der Waals surface area (Å²) in [4.78, 5) is 24.5. The summed E-state index contributed by atoms with van der Waals surface area (Å²) in [5.41, 5.74) is 0.908. The van der Waals surface area contributed by atoms with Crippen molar-refractivity contribution in [3.05, 3.63) is 34.3 Å². The summed E-state index contributed by atoms with van der Waals surface area (Å²) in [5, 5.41) is 9.13. The lowest BCUT2D eigenvalue weighted by atomic mass is 10.2. The van der Waals surface area contributed by atoms with Crippen LogP contribution in [0.2, 0.25) is 0 Å². The molecule has 1 aromatic carbocycles. The molecule has 0 spiro atoms. The van der Waals surface area contributed by atoms with Crippen LogP contribution < -0.4 is 0 Å². The maximum absolute atomic E-state index is 12.2. The molecular weight excluding hydrogens is 342 g/mol. The lowest BCUT2D eigenvalue weighted by Crippen LogP contribution is -2.36. The summed E-state index contributed by atoms with van der Waals surface area (Å²) in [6, 6.07) is 7.53. The summed E-state index contributed by atoms with van der Waals surface area (Å²) in [7, 11) is 0. The first-order chi connectivity index (χ1) is 9.42. The van der Waals surface area contributed by atoms with E-state index in [1.165, 1.54) is 4.90 Å². The van der Waals surface area contributed by atoms with Crippen LogP contribution in [0.1, 0.15) is 18.9 Å². The van der Waals surface area contributed by atoms with Crippen molar-refractivity contribution in [2.24, 2.45) is 0 Å². The lowest BCUT2D eigenvalue weighted by molar-refractivity contribution is -0.144. The third kappa shape index (κ3) is 5.96. The molecule has 0 saturated carbocycles. The molecule has 1 N–H and O–H groups in total. The van der Waals surface area contributed by atoms with Gasteiger partial charge in [0.2, 0.25) is 5.91 Å². The number of carbonyl (C=O) groups is 2. The van der Waals surface area contributed by atoms with Crippen LogP contribution in [0.5, 0.6) is 0 Å². The Bertz CT molecular complexity index is 481. The van der Waals surface area contributed by atoms with Crippen molar-refractivity contribution >= 4 is 39.6 Å². The molecule has 4 nitrogen and oxygen atoms in total. The molecule has 0 heterocycles. The first kappa shape index (κ1) is 17.0. The van der Waals surface area contributed by atoms with E-state index in [1.54, 1.807) is 11.8 Å². The Balaban J connectivity index is 2.78. The van der Waals surface area contributed by atoms with Gasteiger partial charge >= 0.3 is 5.97 Å². The number of halogens is 1. The Kier molecular flexibility index (Phi) is 7.09. The van der Waals surface area contributed by atoms with Crippen molar-refractivity contribution in [3.63, 3.8) is 0 Å². The second kappa shape index (κ2) is 8.32. The zero-order valence-electron chi connectivity index (χ0n) is 11.5. The van der Waals surface area contributed by atoms with E-state index >= 15 is 0 Å². The number of thioether (sulfide) groups is 1. The number of amides is 1. The fraction of sp³-hybridized carbons (Fsp3) is 0.429. The predicted octanol–water partition coefficient (Wildman–Crippen LogP) is 3.00. The van der Waals surface area contributed by atoms with Crippen molar-refractivity contribution in [2.75, 3.05) is 12.8 Å². The highest BCUT2D eigenvalue weighted by atomic mass is 79.9. The van der Waals surface area contributed by atoms with Crippen molar-refractivity contribution in [2.45, 2.75) is 25.1 Å². The van der Waals surface area contributed by atoms with Gasteiger partial charge < -0.3 is 10.0 Å². The van der Waals surface area contributed by atoms with Gasteiger partial charge in [0.25, 0.3) is 0 Å². The molecule has 110 valence electrons. The smallest absolute Gasteiger partial charge is 0.323 e. The van der Waals surface area contributed by atoms with E-state index in [-0.39, 0.29) is 17.7 Å². The zero-order chi connectivity index (χ0) is 15.1. The largest absolute Gasteiger partial charge is 0.480 e. The van der Waals surface area contributed by atoms with Gasteiger partial charge in [-0.15, -0.1) is 0 Å². The summed E-state index contributed by atoms with van der Waals surface area (Å²) < 4.78 is 0.912. The number of rotatable bonds is 7. The highest BCUT2D eigenvalue weighted by Crippen LogP contribution is 2.16. The van der Waals surface area contributed by atoms with E-state index in [2.05, 4.69) is 15.9 Å². The average molecular weight is 360 g/mol. The van der Waals surface area contributed by atoms with Crippen LogP contribution in [0.25, 0.3) is 0 Å². The van der Waals surface area contributed by atoms with Crippen molar-refractivity contribution in [1.82, 2.24) is 4.90 Å². The maximum Gasteiger partial charge on any atom is 0.323 e. The molecular formula is C14H18BrNO3S. The second-order valence-electron chi connectivity index (χ2n) is 4.52. The van der Waals surface area contributed by atoms with Gasteiger partial charge in [0.15, 0.2) is 0 Å². The Morgan fingerprint density at radius 3 is 2.70 bits per heavy atom. The fourth-order valence-corrected chi connectivity index (χ4v) is 2.47. The van der Waals surface area contributed by atoms with Crippen molar-refractivity contribution in [3.8, 4) is 0 Å². The van der Waals surface area contributed by atoms with E-state index in [4.69, 9.17) is 5.11 Å². The topological polar surface area (TPSA) is 57.6 Å². The molecule has 0 fully saturated rings. The Morgan fingerprint density at radius 1 is 1.45 bits per heavy atom. The molecule has 0 saturated heterocycles. The standard InChI is InChI=1S/C14H18BrNO3S/c1-10(20-2)6-13(17)16(9-14(18)19)8-11-4-3-5-12(15)7-11/h3-5,7,10H,6,8-9H2,1-2H3,(H,18,19). The zero-order valence-corrected chi connectivity index (χ0v) is 13.9. The highest BCUT2D eigenvalue weighted by Gasteiger charge is 2.19. The van der Waals surface area contributed by atoms with Gasteiger partial charge in [-0.1, -0.05) is 35.0 Å². The van der Waals surface area contributed by atoms with Gasteiger partial charge in [-0.05, 0) is 24.0 Å². The molecule has 0 radical (unpaired) electrons. The van der Waals surface area contributed by atoms with Crippen LogP contribution in [-0.2, 0) is 16.1 Å².